The number of carbonyl (C=O) groups excluding carboxylic acids is 2. The normalized spacial score (nSPS) is 20.9. The van der Waals surface area contributed by atoms with Crippen LogP contribution in [0.4, 0.5) is 0 Å². The Labute approximate surface area is 214 Å². The Morgan fingerprint density at radius 3 is 2.36 bits per heavy atom. The number of nitrogens with zero attached hydrogens (tertiary/aromatic N) is 3. The maximum Gasteiger partial charge on any atom is 0.244 e. The Morgan fingerprint density at radius 2 is 1.64 bits per heavy atom. The zero-order chi connectivity index (χ0) is 24.5. The van der Waals surface area contributed by atoms with E-state index in [0.29, 0.717) is 18.7 Å². The molecule has 2 fully saturated rings. The minimum absolute atomic E-state index is 0.0471. The largest absolute Gasteiger partial charge is 0.350 e. The number of thioether (sulfide) groups is 1. The van der Waals surface area contributed by atoms with Crippen LogP contribution < -0.4 is 5.32 Å². The molecule has 0 saturated carbocycles. The molecular weight excluding hydrogens is 468 g/mol. The van der Waals surface area contributed by atoms with Gasteiger partial charge in [-0.1, -0.05) is 78.9 Å². The topological polar surface area (TPSA) is 67.2 Å². The van der Waals surface area contributed by atoms with Gasteiger partial charge < -0.3 is 10.2 Å². The molecule has 0 spiro atoms. The maximum atomic E-state index is 13.5. The summed E-state index contributed by atoms with van der Waals surface area (Å²) < 4.78 is 1.85. The second kappa shape index (κ2) is 9.32. The third-order valence-corrected chi connectivity index (χ3v) is 8.56. The van der Waals surface area contributed by atoms with Gasteiger partial charge in [-0.3, -0.25) is 9.59 Å². The molecule has 36 heavy (non-hydrogen) atoms. The van der Waals surface area contributed by atoms with E-state index in [2.05, 4.69) is 17.4 Å². The number of benzene rings is 3. The van der Waals surface area contributed by atoms with Crippen molar-refractivity contribution < 1.29 is 9.59 Å². The van der Waals surface area contributed by atoms with Gasteiger partial charge >= 0.3 is 0 Å². The molecule has 180 valence electrons. The molecule has 2 aliphatic heterocycles. The predicted octanol–water partition coefficient (Wildman–Crippen LogP) is 4.75. The van der Waals surface area contributed by atoms with Crippen LogP contribution in [0, 0.1) is 0 Å². The standard InChI is InChI=1S/C29H26N4O2S/c34-26-16-17-29(23-12-6-2-7-13-23)33(26)25(20-36-29)28(35)30-18-22-19-32(24-14-8-3-9-15-24)31-27(22)21-10-4-1-5-11-21/h1-15,19,25H,16-18,20H2,(H,30,35). The Morgan fingerprint density at radius 1 is 0.972 bits per heavy atom. The summed E-state index contributed by atoms with van der Waals surface area (Å²) in [6.07, 6.45) is 3.16. The number of amides is 2. The summed E-state index contributed by atoms with van der Waals surface area (Å²) in [5.74, 6) is 0.509. The van der Waals surface area contributed by atoms with Crippen molar-refractivity contribution >= 4 is 23.6 Å². The summed E-state index contributed by atoms with van der Waals surface area (Å²) in [6, 6.07) is 29.5. The Balaban J connectivity index is 1.26. The van der Waals surface area contributed by atoms with Gasteiger partial charge in [-0.05, 0) is 24.1 Å². The van der Waals surface area contributed by atoms with Crippen LogP contribution in [0.25, 0.3) is 16.9 Å². The minimum Gasteiger partial charge on any atom is -0.350 e. The molecule has 3 aromatic carbocycles. The van der Waals surface area contributed by atoms with E-state index in [4.69, 9.17) is 5.10 Å². The van der Waals surface area contributed by atoms with Gasteiger partial charge in [0.05, 0.1) is 11.4 Å². The van der Waals surface area contributed by atoms with Crippen LogP contribution in [0.2, 0.25) is 0 Å². The minimum atomic E-state index is -0.491. The molecule has 4 aromatic rings. The summed E-state index contributed by atoms with van der Waals surface area (Å²) in [4.78, 5) is 27.8. The zero-order valence-electron chi connectivity index (χ0n) is 19.7. The van der Waals surface area contributed by atoms with Gasteiger partial charge in [0.1, 0.15) is 10.9 Å². The first-order valence-corrected chi connectivity index (χ1v) is 13.1. The number of fused-ring (bicyclic) bond motifs is 1. The van der Waals surface area contributed by atoms with Crippen LogP contribution in [0.1, 0.15) is 24.0 Å². The van der Waals surface area contributed by atoms with Gasteiger partial charge in [0.2, 0.25) is 11.8 Å². The van der Waals surface area contributed by atoms with Crippen LogP contribution >= 0.6 is 11.8 Å². The first kappa shape index (κ1) is 22.6. The van der Waals surface area contributed by atoms with Gasteiger partial charge in [-0.2, -0.15) is 5.10 Å². The highest BCUT2D eigenvalue weighted by Crippen LogP contribution is 2.54. The second-order valence-corrected chi connectivity index (χ2v) is 10.4. The molecular formula is C29H26N4O2S. The monoisotopic (exact) mass is 494 g/mol. The summed E-state index contributed by atoms with van der Waals surface area (Å²) >= 11 is 1.70. The summed E-state index contributed by atoms with van der Waals surface area (Å²) in [5, 5.41) is 7.96. The molecule has 2 unspecified atom stereocenters. The molecule has 3 heterocycles. The lowest BCUT2D eigenvalue weighted by Crippen LogP contribution is -2.49. The third kappa shape index (κ3) is 3.89. The number of hydrogen-bond donors (Lipinski definition) is 1. The van der Waals surface area contributed by atoms with Crippen LogP contribution in [0.3, 0.4) is 0 Å². The molecule has 1 N–H and O–H groups in total. The third-order valence-electron chi connectivity index (χ3n) is 6.97. The maximum absolute atomic E-state index is 13.5. The van der Waals surface area contributed by atoms with Crippen molar-refractivity contribution in [1.82, 2.24) is 20.0 Å². The fourth-order valence-corrected chi connectivity index (χ4v) is 6.88. The number of rotatable bonds is 6. The summed E-state index contributed by atoms with van der Waals surface area (Å²) in [5.41, 5.74) is 4.79. The van der Waals surface area contributed by atoms with Crippen molar-refractivity contribution in [2.75, 3.05) is 5.75 Å². The van der Waals surface area contributed by atoms with E-state index in [9.17, 15) is 9.59 Å². The van der Waals surface area contributed by atoms with E-state index >= 15 is 0 Å². The smallest absolute Gasteiger partial charge is 0.244 e. The van der Waals surface area contributed by atoms with E-state index in [1.165, 1.54) is 0 Å². The number of para-hydroxylation sites is 1. The average Bonchev–Trinajstić information content (AvgIpc) is 3.63. The van der Waals surface area contributed by atoms with Gasteiger partial charge in [0.15, 0.2) is 0 Å². The van der Waals surface area contributed by atoms with Gasteiger partial charge in [-0.15, -0.1) is 11.8 Å². The average molecular weight is 495 g/mol. The van der Waals surface area contributed by atoms with Crippen LogP contribution in [0.5, 0.6) is 0 Å². The highest BCUT2D eigenvalue weighted by atomic mass is 32.2. The molecule has 2 atom stereocenters. The molecule has 6 rings (SSSR count). The molecule has 0 bridgehead atoms. The molecule has 0 aliphatic carbocycles. The lowest BCUT2D eigenvalue weighted by Gasteiger charge is -2.34. The Bertz CT molecular complexity index is 1390. The lowest BCUT2D eigenvalue weighted by atomic mass is 10.0. The zero-order valence-corrected chi connectivity index (χ0v) is 20.5. The number of hydrogen-bond acceptors (Lipinski definition) is 4. The highest BCUT2D eigenvalue weighted by Gasteiger charge is 2.56. The first-order valence-electron chi connectivity index (χ1n) is 12.1. The molecule has 7 heteroatoms. The Kier molecular flexibility index (Phi) is 5.85. The van der Waals surface area contributed by atoms with Crippen molar-refractivity contribution in [3.8, 4) is 16.9 Å². The summed E-state index contributed by atoms with van der Waals surface area (Å²) in [6.45, 7) is 0.331. The van der Waals surface area contributed by atoms with Gasteiger partial charge in [-0.25, -0.2) is 4.68 Å². The van der Waals surface area contributed by atoms with Gasteiger partial charge in [0.25, 0.3) is 0 Å². The van der Waals surface area contributed by atoms with Crippen molar-refractivity contribution in [2.24, 2.45) is 0 Å². The van der Waals surface area contributed by atoms with Crippen molar-refractivity contribution in [1.29, 1.82) is 0 Å². The fraction of sp³-hybridized carbons (Fsp3) is 0.207. The van der Waals surface area contributed by atoms with Crippen LogP contribution in [-0.4, -0.2) is 38.3 Å². The van der Waals surface area contributed by atoms with E-state index in [1.54, 1.807) is 11.8 Å². The van der Waals surface area contributed by atoms with E-state index < -0.39 is 10.9 Å². The number of aromatic nitrogens is 2. The SMILES string of the molecule is O=C(NCc1cn(-c2ccccc2)nc1-c1ccccc1)C1CSC2(c3ccccc3)CCC(=O)N12. The molecule has 2 amide bonds. The molecule has 2 aliphatic rings. The number of carbonyl (C=O) groups is 2. The summed E-state index contributed by atoms with van der Waals surface area (Å²) in [7, 11) is 0. The quantitative estimate of drug-likeness (QED) is 0.420. The molecule has 6 nitrogen and oxygen atoms in total. The van der Waals surface area contributed by atoms with Crippen molar-refractivity contribution in [2.45, 2.75) is 30.3 Å². The van der Waals surface area contributed by atoms with Crippen LogP contribution in [0.15, 0.2) is 97.2 Å². The van der Waals surface area contributed by atoms with Crippen LogP contribution in [-0.2, 0) is 21.0 Å². The van der Waals surface area contributed by atoms with Gasteiger partial charge in [0, 0.05) is 36.0 Å². The molecule has 0 radical (unpaired) electrons. The van der Waals surface area contributed by atoms with Crippen molar-refractivity contribution in [3.05, 3.63) is 108 Å². The van der Waals surface area contributed by atoms with Crippen molar-refractivity contribution in [3.63, 3.8) is 0 Å². The Hall–Kier alpha value is -3.84. The van der Waals surface area contributed by atoms with E-state index in [1.807, 2.05) is 94.6 Å². The lowest BCUT2D eigenvalue weighted by molar-refractivity contribution is -0.138. The fourth-order valence-electron chi connectivity index (χ4n) is 5.23. The van der Waals surface area contributed by atoms with E-state index in [-0.39, 0.29) is 11.8 Å². The second-order valence-electron chi connectivity index (χ2n) is 9.11. The highest BCUT2D eigenvalue weighted by molar-refractivity contribution is 8.00. The first-order chi connectivity index (χ1) is 17.7. The number of nitrogens with one attached hydrogen (secondary N) is 1. The van der Waals surface area contributed by atoms with E-state index in [0.717, 1.165) is 34.5 Å². The predicted molar refractivity (Wildman–Crippen MR) is 141 cm³/mol. The molecule has 2 saturated heterocycles. The molecule has 1 aromatic heterocycles.